The molecule has 1 heterocycles. The molecule has 2 unspecified atom stereocenters. The average Bonchev–Trinajstić information content (AvgIpc) is 2.80. The Morgan fingerprint density at radius 1 is 1.12 bits per heavy atom. The van der Waals surface area contributed by atoms with E-state index in [2.05, 4.69) is 4.72 Å². The Morgan fingerprint density at radius 3 is 2.50 bits per heavy atom. The largest absolute Gasteiger partial charge is 0.449 e. The number of hydrogen-bond acceptors (Lipinski definition) is 4. The molecule has 1 aromatic carbocycles. The van der Waals surface area contributed by atoms with Gasteiger partial charge in [0.1, 0.15) is 11.0 Å². The number of anilines is 1. The molecule has 0 bridgehead atoms. The van der Waals surface area contributed by atoms with Gasteiger partial charge in [-0.05, 0) is 49.9 Å². The summed E-state index contributed by atoms with van der Waals surface area (Å²) in [5.74, 6) is 1.23. The van der Waals surface area contributed by atoms with Crippen LogP contribution >= 0.6 is 0 Å². The number of carbonyl (C=O) groups excluding carboxylic acids is 2. The molecular weight excluding hydrogens is 426 g/mol. The summed E-state index contributed by atoms with van der Waals surface area (Å²) in [5.41, 5.74) is 1.33. The lowest BCUT2D eigenvalue weighted by Crippen LogP contribution is -2.55. The number of nitrogens with zero attached hydrogens (tertiary/aromatic N) is 2. The average molecular weight is 464 g/mol. The zero-order chi connectivity index (χ0) is 22.9. The minimum absolute atomic E-state index is 0.0518. The van der Waals surface area contributed by atoms with E-state index in [-0.39, 0.29) is 18.0 Å². The molecule has 7 nitrogen and oxygen atoms in total. The first-order chi connectivity index (χ1) is 15.5. The number of nitrogens with one attached hydrogen (secondary N) is 1. The maximum Gasteiger partial charge on any atom is 0.409 e. The first-order valence-corrected chi connectivity index (χ1v) is 13.3. The quantitative estimate of drug-likeness (QED) is 0.619. The molecule has 2 amide bonds. The van der Waals surface area contributed by atoms with Crippen LogP contribution in [0.4, 0.5) is 10.5 Å². The lowest BCUT2D eigenvalue weighted by Gasteiger charge is -2.39. The van der Waals surface area contributed by atoms with Gasteiger partial charge in [-0.15, -0.1) is 0 Å². The molecule has 3 rings (SSSR count). The van der Waals surface area contributed by atoms with Crippen LogP contribution in [0.3, 0.4) is 0 Å². The molecule has 2 fully saturated rings. The van der Waals surface area contributed by atoms with Gasteiger partial charge in [0.25, 0.3) is 5.91 Å². The Kier molecular flexibility index (Phi) is 9.38. The number of carbonyl (C=O) groups is 2. The summed E-state index contributed by atoms with van der Waals surface area (Å²) in [6.45, 7) is 5.87. The Morgan fingerprint density at radius 2 is 1.84 bits per heavy atom. The highest BCUT2D eigenvalue weighted by Crippen LogP contribution is 2.26. The van der Waals surface area contributed by atoms with Gasteiger partial charge in [-0.3, -0.25) is 4.79 Å². The molecule has 1 saturated heterocycles. The van der Waals surface area contributed by atoms with Gasteiger partial charge in [-0.25, -0.2) is 9.00 Å². The number of hydrogen-bond donors (Lipinski definition) is 1. The molecule has 2 atom stereocenters. The smallest absolute Gasteiger partial charge is 0.409 e. The monoisotopic (exact) mass is 463 g/mol. The van der Waals surface area contributed by atoms with Crippen LogP contribution in [0, 0.1) is 5.92 Å². The van der Waals surface area contributed by atoms with Gasteiger partial charge in [-0.2, -0.15) is 0 Å². The molecule has 32 heavy (non-hydrogen) atoms. The van der Waals surface area contributed by atoms with Crippen molar-refractivity contribution >= 4 is 28.7 Å². The number of ether oxygens (including phenoxy) is 1. The molecular formula is C24H37N3O4S. The van der Waals surface area contributed by atoms with E-state index in [9.17, 15) is 13.8 Å². The first-order valence-electron chi connectivity index (χ1n) is 12.0. The summed E-state index contributed by atoms with van der Waals surface area (Å²) in [6, 6.07) is 6.99. The van der Waals surface area contributed by atoms with E-state index >= 15 is 0 Å². The Bertz CT molecular complexity index is 780. The first kappa shape index (κ1) is 24.6. The zero-order valence-corrected chi connectivity index (χ0v) is 20.2. The van der Waals surface area contributed by atoms with Crippen molar-refractivity contribution in [3.63, 3.8) is 0 Å². The van der Waals surface area contributed by atoms with Crippen LogP contribution in [0.15, 0.2) is 24.3 Å². The van der Waals surface area contributed by atoms with Crippen molar-refractivity contribution in [2.75, 3.05) is 36.7 Å². The number of benzene rings is 1. The predicted molar refractivity (Wildman–Crippen MR) is 128 cm³/mol. The van der Waals surface area contributed by atoms with Crippen LogP contribution in [0.25, 0.3) is 0 Å². The second-order valence-electron chi connectivity index (χ2n) is 8.93. The lowest BCUT2D eigenvalue weighted by atomic mass is 9.87. The van der Waals surface area contributed by atoms with Gasteiger partial charge in [-0.1, -0.05) is 39.0 Å². The fraction of sp³-hybridized carbons (Fsp3) is 0.667. The number of amides is 2. The van der Waals surface area contributed by atoms with Crippen LogP contribution in [-0.4, -0.2) is 64.0 Å². The molecule has 1 aliphatic carbocycles. The standard InChI is InChI=1S/C24H37N3O4S/c1-3-17-32(30)25-22-11-9-21(10-12-22)23(28)27-15-14-26(18-19(27)2)24(29)31-16-13-20-7-5-4-6-8-20/h9-12,19-20,25H,3-8,13-18H2,1-2H3. The van der Waals surface area contributed by atoms with Gasteiger partial charge in [0.2, 0.25) is 0 Å². The van der Waals surface area contributed by atoms with Crippen molar-refractivity contribution in [3.05, 3.63) is 29.8 Å². The maximum absolute atomic E-state index is 13.0. The van der Waals surface area contributed by atoms with E-state index < -0.39 is 11.0 Å². The van der Waals surface area contributed by atoms with Crippen LogP contribution in [0.2, 0.25) is 0 Å². The normalized spacial score (nSPS) is 20.6. The van der Waals surface area contributed by atoms with E-state index in [4.69, 9.17) is 4.74 Å². The summed E-state index contributed by atoms with van der Waals surface area (Å²) in [4.78, 5) is 29.0. The van der Waals surface area contributed by atoms with Crippen molar-refractivity contribution in [2.24, 2.45) is 5.92 Å². The third-order valence-corrected chi connectivity index (χ3v) is 7.62. The van der Waals surface area contributed by atoms with Crippen molar-refractivity contribution in [2.45, 2.75) is 64.8 Å². The summed E-state index contributed by atoms with van der Waals surface area (Å²) < 4.78 is 20.3. The molecule has 8 heteroatoms. The number of rotatable bonds is 8. The van der Waals surface area contributed by atoms with E-state index in [0.717, 1.165) is 18.5 Å². The highest BCUT2D eigenvalue weighted by atomic mass is 32.2. The van der Waals surface area contributed by atoms with E-state index in [1.165, 1.54) is 32.1 Å². The molecule has 1 aliphatic heterocycles. The fourth-order valence-electron chi connectivity index (χ4n) is 4.52. The highest BCUT2D eigenvalue weighted by Gasteiger charge is 2.31. The van der Waals surface area contributed by atoms with Crippen LogP contribution < -0.4 is 4.72 Å². The minimum Gasteiger partial charge on any atom is -0.449 e. The maximum atomic E-state index is 13.0. The van der Waals surface area contributed by atoms with Gasteiger partial charge >= 0.3 is 6.09 Å². The lowest BCUT2D eigenvalue weighted by molar-refractivity contribution is 0.0398. The number of piperazine rings is 1. The van der Waals surface area contributed by atoms with Crippen LogP contribution in [-0.2, 0) is 15.7 Å². The minimum atomic E-state index is -1.11. The van der Waals surface area contributed by atoms with E-state index in [1.807, 2.05) is 18.7 Å². The summed E-state index contributed by atoms with van der Waals surface area (Å²) in [7, 11) is -1.11. The summed E-state index contributed by atoms with van der Waals surface area (Å²) >= 11 is 0. The predicted octanol–water partition coefficient (Wildman–Crippen LogP) is 4.43. The van der Waals surface area contributed by atoms with E-state index in [1.54, 1.807) is 29.2 Å². The third kappa shape index (κ3) is 6.95. The third-order valence-electron chi connectivity index (χ3n) is 6.38. The summed E-state index contributed by atoms with van der Waals surface area (Å²) in [5, 5.41) is 0. The van der Waals surface area contributed by atoms with Gasteiger partial charge in [0.15, 0.2) is 0 Å². The van der Waals surface area contributed by atoms with Crippen molar-refractivity contribution < 1.29 is 18.5 Å². The molecule has 1 N–H and O–H groups in total. The Balaban J connectivity index is 1.45. The van der Waals surface area contributed by atoms with Gasteiger partial charge in [0.05, 0.1) is 6.61 Å². The molecule has 0 spiro atoms. The zero-order valence-electron chi connectivity index (χ0n) is 19.4. The topological polar surface area (TPSA) is 79.0 Å². The van der Waals surface area contributed by atoms with Gasteiger partial charge in [0, 0.05) is 42.7 Å². The molecule has 0 radical (unpaired) electrons. The van der Waals surface area contributed by atoms with Crippen LogP contribution in [0.1, 0.15) is 69.2 Å². The molecule has 178 valence electrons. The molecule has 2 aliphatic rings. The second-order valence-corrected chi connectivity index (χ2v) is 10.2. The Hall–Kier alpha value is -2.09. The van der Waals surface area contributed by atoms with Crippen molar-refractivity contribution in [1.82, 2.24) is 9.80 Å². The molecule has 1 aromatic rings. The second kappa shape index (κ2) is 12.2. The van der Waals surface area contributed by atoms with Crippen molar-refractivity contribution in [3.8, 4) is 0 Å². The SMILES string of the molecule is CCCS(=O)Nc1ccc(C(=O)N2CCN(C(=O)OCCC3CCCCC3)CC2C)cc1. The van der Waals surface area contributed by atoms with Crippen molar-refractivity contribution in [1.29, 1.82) is 0 Å². The molecule has 0 aromatic heterocycles. The summed E-state index contributed by atoms with van der Waals surface area (Å²) in [6.07, 6.45) is 7.96. The Labute approximate surface area is 194 Å². The van der Waals surface area contributed by atoms with E-state index in [0.29, 0.717) is 43.5 Å². The fourth-order valence-corrected chi connectivity index (χ4v) is 5.39. The van der Waals surface area contributed by atoms with Crippen LogP contribution in [0.5, 0.6) is 0 Å². The van der Waals surface area contributed by atoms with Gasteiger partial charge < -0.3 is 19.3 Å². The highest BCUT2D eigenvalue weighted by molar-refractivity contribution is 7.86. The molecule has 1 saturated carbocycles.